The van der Waals surface area contributed by atoms with Crippen molar-refractivity contribution in [3.05, 3.63) is 15.9 Å². The molecule has 3 rings (SSSR count). The Morgan fingerprint density at radius 3 is 2.76 bits per heavy atom. The summed E-state index contributed by atoms with van der Waals surface area (Å²) in [7, 11) is 2.52. The highest BCUT2D eigenvalue weighted by Crippen LogP contribution is 2.35. The number of hydrogen-bond acceptors (Lipinski definition) is 11. The summed E-state index contributed by atoms with van der Waals surface area (Å²) in [6.45, 7) is 2.72. The predicted molar refractivity (Wildman–Crippen MR) is 107 cm³/mol. The summed E-state index contributed by atoms with van der Waals surface area (Å²) in [6, 6.07) is 0. The third-order valence-electron chi connectivity index (χ3n) is 4.10. The molecule has 0 bridgehead atoms. The van der Waals surface area contributed by atoms with Gasteiger partial charge in [-0.25, -0.2) is 4.98 Å². The minimum atomic E-state index is -1.04. The fraction of sp³-hybridized carbons (Fsp3) is 0.562. The van der Waals surface area contributed by atoms with Crippen LogP contribution in [0.25, 0.3) is 10.3 Å². The van der Waals surface area contributed by atoms with E-state index >= 15 is 0 Å². The topological polar surface area (TPSA) is 145 Å². The highest BCUT2D eigenvalue weighted by atomic mass is 32.1. The fourth-order valence-corrected chi connectivity index (χ4v) is 4.00. The summed E-state index contributed by atoms with van der Waals surface area (Å²) in [5.74, 6) is -1.08. The van der Waals surface area contributed by atoms with Gasteiger partial charge in [0, 0.05) is 13.8 Å². The Bertz CT molecular complexity index is 964. The van der Waals surface area contributed by atoms with Gasteiger partial charge in [0.2, 0.25) is 5.95 Å². The summed E-state index contributed by atoms with van der Waals surface area (Å²) in [5, 5.41) is 0. The van der Waals surface area contributed by atoms with E-state index in [4.69, 9.17) is 24.7 Å². The van der Waals surface area contributed by atoms with E-state index < -0.39 is 36.5 Å². The first-order valence-electron chi connectivity index (χ1n) is 8.73. The summed E-state index contributed by atoms with van der Waals surface area (Å²) in [5.41, 5.74) is 5.93. The van der Waals surface area contributed by atoms with Gasteiger partial charge in [-0.05, 0) is 6.16 Å². The number of carbonyl (C=O) groups is 2. The Morgan fingerprint density at radius 2 is 2.10 bits per heavy atom. The molecule has 2 N–H and O–H groups in total. The number of rotatable bonds is 7. The molecule has 1 fully saturated rings. The molecule has 1 saturated heterocycles. The van der Waals surface area contributed by atoms with Gasteiger partial charge < -0.3 is 24.7 Å². The number of esters is 2. The van der Waals surface area contributed by atoms with Gasteiger partial charge in [-0.1, -0.05) is 11.3 Å². The lowest BCUT2D eigenvalue weighted by Gasteiger charge is -2.24. The SMILES string of the molecule is CC(=O)OC[C@H]1O[C@@H](n2c(=O)sc3cnc(N)nc32)[C@H](OC(C)=O)[C@H]1OCCP. The molecule has 1 unspecified atom stereocenters. The molecule has 2 aromatic heterocycles. The first kappa shape index (κ1) is 21.6. The van der Waals surface area contributed by atoms with Crippen LogP contribution < -0.4 is 10.6 Å². The van der Waals surface area contributed by atoms with Gasteiger partial charge in [-0.3, -0.25) is 19.0 Å². The van der Waals surface area contributed by atoms with E-state index in [1.54, 1.807) is 0 Å². The summed E-state index contributed by atoms with van der Waals surface area (Å²) in [6.07, 6.45) is -1.45. The molecule has 2 aromatic rings. The Kier molecular flexibility index (Phi) is 6.78. The summed E-state index contributed by atoms with van der Waals surface area (Å²) < 4.78 is 24.1. The monoisotopic (exact) mass is 444 g/mol. The quantitative estimate of drug-likeness (QED) is 0.460. The zero-order valence-electron chi connectivity index (χ0n) is 15.8. The second-order valence-corrected chi connectivity index (χ2v) is 7.79. The second-order valence-electron chi connectivity index (χ2n) is 6.22. The number of fused-ring (bicyclic) bond motifs is 1. The van der Waals surface area contributed by atoms with E-state index in [0.29, 0.717) is 17.5 Å². The van der Waals surface area contributed by atoms with Crippen LogP contribution in [0.15, 0.2) is 11.0 Å². The molecule has 0 aromatic carbocycles. The molecule has 0 radical (unpaired) electrons. The van der Waals surface area contributed by atoms with Crippen LogP contribution in [-0.2, 0) is 28.5 Å². The first-order valence-corrected chi connectivity index (χ1v) is 10.4. The molecule has 13 heteroatoms. The molecular formula is C16H21N4O7PS. The molecule has 1 aliphatic heterocycles. The van der Waals surface area contributed by atoms with Crippen LogP contribution in [-0.4, -0.2) is 64.2 Å². The number of nitrogens with two attached hydrogens (primary N) is 1. The van der Waals surface area contributed by atoms with E-state index in [2.05, 4.69) is 19.2 Å². The molecule has 0 saturated carbocycles. The van der Waals surface area contributed by atoms with Gasteiger partial charge in [0.25, 0.3) is 0 Å². The number of anilines is 1. The van der Waals surface area contributed by atoms with Gasteiger partial charge in [0.1, 0.15) is 18.8 Å². The molecule has 158 valence electrons. The van der Waals surface area contributed by atoms with E-state index in [1.807, 2.05) is 0 Å². The van der Waals surface area contributed by atoms with Gasteiger partial charge in [0.15, 0.2) is 18.0 Å². The number of nitrogen functional groups attached to an aromatic ring is 1. The maximum atomic E-state index is 12.7. The first-order chi connectivity index (χ1) is 13.8. The van der Waals surface area contributed by atoms with E-state index in [1.165, 1.54) is 24.6 Å². The summed E-state index contributed by atoms with van der Waals surface area (Å²) in [4.78, 5) is 43.3. The van der Waals surface area contributed by atoms with Crippen LogP contribution in [0.2, 0.25) is 0 Å². The normalized spacial score (nSPS) is 24.0. The molecule has 0 amide bonds. The van der Waals surface area contributed by atoms with Crippen molar-refractivity contribution in [3.8, 4) is 0 Å². The number of ether oxygens (including phenoxy) is 4. The Morgan fingerprint density at radius 1 is 1.34 bits per heavy atom. The largest absolute Gasteiger partial charge is 0.463 e. The molecule has 11 nitrogen and oxygen atoms in total. The van der Waals surface area contributed by atoms with Crippen molar-refractivity contribution in [1.82, 2.24) is 14.5 Å². The molecule has 1 aliphatic rings. The Balaban J connectivity index is 2.04. The third kappa shape index (κ3) is 4.72. The van der Waals surface area contributed by atoms with Crippen LogP contribution in [0.3, 0.4) is 0 Å². The molecule has 3 heterocycles. The van der Waals surface area contributed by atoms with Crippen LogP contribution in [0.4, 0.5) is 5.95 Å². The van der Waals surface area contributed by atoms with Crippen molar-refractivity contribution in [3.63, 3.8) is 0 Å². The van der Waals surface area contributed by atoms with Gasteiger partial charge in [0.05, 0.1) is 17.5 Å². The standard InChI is InChI=1S/C16H21N4O7PS/c1-7(21)25-6-9-11(24-3-4-28)12(26-8(2)22)14(27-9)20-13-10(29-16(20)23)5-18-15(17)19-13/h5,9,11-12,14H,3-4,6,28H2,1-2H3,(H2,17,18,19)/t9-,11+,12-,14-/m1/s1. The van der Waals surface area contributed by atoms with Gasteiger partial charge >= 0.3 is 16.8 Å². The van der Waals surface area contributed by atoms with E-state index in [9.17, 15) is 14.4 Å². The highest BCUT2D eigenvalue weighted by Gasteiger charge is 2.50. The van der Waals surface area contributed by atoms with E-state index in [0.717, 1.165) is 11.3 Å². The summed E-state index contributed by atoms with van der Waals surface area (Å²) >= 11 is 0.911. The van der Waals surface area contributed by atoms with Gasteiger partial charge in [-0.2, -0.15) is 4.98 Å². The second kappa shape index (κ2) is 9.12. The van der Waals surface area contributed by atoms with Crippen LogP contribution >= 0.6 is 20.6 Å². The highest BCUT2D eigenvalue weighted by molar-refractivity contribution is 7.16. The number of hydrogen-bond donors (Lipinski definition) is 1. The van der Waals surface area contributed by atoms with Crippen molar-refractivity contribution in [1.29, 1.82) is 0 Å². The van der Waals surface area contributed by atoms with Crippen LogP contribution in [0.5, 0.6) is 0 Å². The molecule has 0 spiro atoms. The predicted octanol–water partition coefficient (Wildman–Crippen LogP) is 0.0877. The number of nitrogens with zero attached hydrogens (tertiary/aromatic N) is 3. The zero-order chi connectivity index (χ0) is 21.1. The average Bonchev–Trinajstić information content (AvgIpc) is 3.13. The maximum Gasteiger partial charge on any atom is 0.311 e. The lowest BCUT2D eigenvalue weighted by Crippen LogP contribution is -2.40. The molecule has 5 atom stereocenters. The third-order valence-corrected chi connectivity index (χ3v) is 5.21. The minimum absolute atomic E-state index is 0.0154. The fourth-order valence-electron chi connectivity index (χ4n) is 3.05. The lowest BCUT2D eigenvalue weighted by atomic mass is 10.1. The maximum absolute atomic E-state index is 12.7. The zero-order valence-corrected chi connectivity index (χ0v) is 17.7. The average molecular weight is 444 g/mol. The van der Waals surface area contributed by atoms with Crippen molar-refractivity contribution >= 4 is 48.8 Å². The van der Waals surface area contributed by atoms with E-state index in [-0.39, 0.29) is 23.1 Å². The Hall–Kier alpha value is -2.14. The number of aromatic nitrogens is 3. The van der Waals surface area contributed by atoms with Crippen molar-refractivity contribution in [2.45, 2.75) is 38.4 Å². The smallest absolute Gasteiger partial charge is 0.311 e. The van der Waals surface area contributed by atoms with Crippen molar-refractivity contribution in [2.75, 3.05) is 25.1 Å². The lowest BCUT2D eigenvalue weighted by molar-refractivity contribution is -0.157. The van der Waals surface area contributed by atoms with Crippen LogP contribution in [0.1, 0.15) is 20.1 Å². The van der Waals surface area contributed by atoms with Crippen molar-refractivity contribution in [2.24, 2.45) is 0 Å². The number of thiazole rings is 1. The number of carbonyl (C=O) groups excluding carboxylic acids is 2. The van der Waals surface area contributed by atoms with Crippen molar-refractivity contribution < 1.29 is 28.5 Å². The molecule has 0 aliphatic carbocycles. The Labute approximate surface area is 171 Å². The molecular weight excluding hydrogens is 423 g/mol. The van der Waals surface area contributed by atoms with Gasteiger partial charge in [-0.15, -0.1) is 9.24 Å². The van der Waals surface area contributed by atoms with Crippen LogP contribution in [0, 0.1) is 0 Å². The molecule has 29 heavy (non-hydrogen) atoms. The minimum Gasteiger partial charge on any atom is -0.463 e.